The zero-order chi connectivity index (χ0) is 33.5. The van der Waals surface area contributed by atoms with Gasteiger partial charge in [0.25, 0.3) is 15.9 Å². The lowest BCUT2D eigenvalue weighted by atomic mass is 9.80. The largest absolute Gasteiger partial charge is 0.493 e. The molecule has 0 aliphatic carbocycles. The summed E-state index contributed by atoms with van der Waals surface area (Å²) >= 11 is 0. The van der Waals surface area contributed by atoms with Gasteiger partial charge in [0.2, 0.25) is 0 Å². The van der Waals surface area contributed by atoms with Crippen LogP contribution < -0.4 is 13.9 Å². The summed E-state index contributed by atoms with van der Waals surface area (Å²) in [5.41, 5.74) is 2.14. The number of para-hydroxylation sites is 2. The number of benzene rings is 3. The van der Waals surface area contributed by atoms with E-state index < -0.39 is 21.5 Å². The highest BCUT2D eigenvalue weighted by atomic mass is 32.2. The smallest absolute Gasteiger partial charge is 0.273 e. The lowest BCUT2D eigenvalue weighted by Crippen LogP contribution is -2.60. The number of aromatic nitrogens is 2. The van der Waals surface area contributed by atoms with Gasteiger partial charge in [-0.05, 0) is 61.9 Å². The maximum absolute atomic E-state index is 15.5. The number of aryl methyl sites for hydroxylation is 1. The molecule has 5 aromatic rings. The van der Waals surface area contributed by atoms with Gasteiger partial charge in [0.1, 0.15) is 10.6 Å². The standard InChI is InChI=1S/C37H34N6O4S/c1-3-28-24-29(16-18-39-28)41-19-21-42(22-20-41)37(30-11-5-6-12-33(30)47-4-2)31-23-26(25-38)14-15-32(31)43(36(37)44)48(45,46)34-13-7-9-27-10-8-17-40-35(27)34/h5-18,23-24H,3-4,19-22H2,1-2H3. The first-order valence-electron chi connectivity index (χ1n) is 16.0. The van der Waals surface area contributed by atoms with Crippen LogP contribution in [-0.4, -0.2) is 62.0 Å². The molecular weight excluding hydrogens is 625 g/mol. The van der Waals surface area contributed by atoms with Crippen molar-refractivity contribution in [3.8, 4) is 11.8 Å². The zero-order valence-corrected chi connectivity index (χ0v) is 27.5. The van der Waals surface area contributed by atoms with Crippen LogP contribution in [0.15, 0.2) is 102 Å². The third-order valence-corrected chi connectivity index (χ3v) is 10.9. The molecule has 0 spiro atoms. The summed E-state index contributed by atoms with van der Waals surface area (Å²) in [5, 5.41) is 10.7. The van der Waals surface area contributed by atoms with E-state index in [4.69, 9.17) is 4.74 Å². The molecule has 1 atom stereocenters. The first-order valence-corrected chi connectivity index (χ1v) is 17.4. The minimum atomic E-state index is -4.50. The topological polar surface area (TPSA) is 120 Å². The number of nitrogens with zero attached hydrogens (tertiary/aromatic N) is 6. The highest BCUT2D eigenvalue weighted by Gasteiger charge is 2.60. The lowest BCUT2D eigenvalue weighted by Gasteiger charge is -2.46. The highest BCUT2D eigenvalue weighted by Crippen LogP contribution is 2.53. The molecule has 7 rings (SSSR count). The minimum Gasteiger partial charge on any atom is -0.493 e. The van der Waals surface area contributed by atoms with Gasteiger partial charge in [0, 0.05) is 66.5 Å². The van der Waals surface area contributed by atoms with Crippen LogP contribution in [0.2, 0.25) is 0 Å². The molecule has 1 unspecified atom stereocenters. The number of nitriles is 1. The second kappa shape index (κ2) is 12.4. The molecule has 0 radical (unpaired) electrons. The SMILES string of the molecule is CCOc1ccccc1C1(N2CCN(c3ccnc(CC)c3)CC2)C(=O)N(S(=O)(=O)c2cccc3cccnc23)c2ccc(C#N)cc21. The molecule has 3 aromatic carbocycles. The first-order chi connectivity index (χ1) is 23.3. The van der Waals surface area contributed by atoms with Crippen LogP contribution in [0.1, 0.15) is 36.2 Å². The fourth-order valence-corrected chi connectivity index (χ4v) is 8.63. The van der Waals surface area contributed by atoms with Gasteiger partial charge in [-0.3, -0.25) is 19.7 Å². The van der Waals surface area contributed by atoms with E-state index in [-0.39, 0.29) is 16.1 Å². The second-order valence-electron chi connectivity index (χ2n) is 11.7. The molecule has 48 heavy (non-hydrogen) atoms. The third-order valence-electron chi connectivity index (χ3n) is 9.20. The lowest BCUT2D eigenvalue weighted by molar-refractivity contribution is -0.127. The van der Waals surface area contributed by atoms with E-state index in [1.807, 2.05) is 42.3 Å². The van der Waals surface area contributed by atoms with Crippen molar-refractivity contribution in [2.24, 2.45) is 0 Å². The number of piperazine rings is 1. The Labute approximate surface area is 279 Å². The van der Waals surface area contributed by atoms with Gasteiger partial charge in [-0.2, -0.15) is 5.26 Å². The molecule has 4 heterocycles. The normalized spacial score (nSPS) is 18.1. The molecule has 2 aromatic heterocycles. The summed E-state index contributed by atoms with van der Waals surface area (Å²) in [7, 11) is -4.50. The molecule has 11 heteroatoms. The zero-order valence-electron chi connectivity index (χ0n) is 26.7. The number of fused-ring (bicyclic) bond motifs is 2. The molecule has 10 nitrogen and oxygen atoms in total. The number of pyridine rings is 2. The number of ether oxygens (including phenoxy) is 1. The van der Waals surface area contributed by atoms with Gasteiger partial charge in [-0.25, -0.2) is 12.7 Å². The summed E-state index contributed by atoms with van der Waals surface area (Å²) in [6.07, 6.45) is 4.16. The van der Waals surface area contributed by atoms with E-state index in [9.17, 15) is 13.7 Å². The predicted molar refractivity (Wildman–Crippen MR) is 183 cm³/mol. The second-order valence-corrected chi connectivity index (χ2v) is 13.5. The summed E-state index contributed by atoms with van der Waals surface area (Å²) in [4.78, 5) is 28.5. The molecule has 1 fully saturated rings. The summed E-state index contributed by atoms with van der Waals surface area (Å²) in [6, 6.07) is 26.7. The number of carbonyl (C=O) groups excluding carboxylic acids is 1. The molecular formula is C37H34N6O4S. The van der Waals surface area contributed by atoms with Gasteiger partial charge in [-0.1, -0.05) is 43.3 Å². The van der Waals surface area contributed by atoms with E-state index in [2.05, 4.69) is 33.9 Å². The maximum Gasteiger partial charge on any atom is 0.273 e. The Bertz CT molecular complexity index is 2190. The van der Waals surface area contributed by atoms with Crippen molar-refractivity contribution in [3.63, 3.8) is 0 Å². The van der Waals surface area contributed by atoms with Gasteiger partial charge in [0.15, 0.2) is 5.54 Å². The van der Waals surface area contributed by atoms with E-state index in [1.165, 1.54) is 12.3 Å². The Morgan fingerprint density at radius 2 is 1.67 bits per heavy atom. The summed E-state index contributed by atoms with van der Waals surface area (Å²) in [5.74, 6) is -0.185. The van der Waals surface area contributed by atoms with Crippen LogP contribution in [0.4, 0.5) is 11.4 Å². The fourth-order valence-electron chi connectivity index (χ4n) is 7.00. The monoisotopic (exact) mass is 658 g/mol. The Balaban J connectivity index is 1.43. The van der Waals surface area contributed by atoms with Crippen LogP contribution in [0.25, 0.3) is 10.9 Å². The number of rotatable bonds is 8. The van der Waals surface area contributed by atoms with Crippen molar-refractivity contribution in [3.05, 3.63) is 120 Å². The van der Waals surface area contributed by atoms with E-state index in [0.29, 0.717) is 60.6 Å². The van der Waals surface area contributed by atoms with Crippen molar-refractivity contribution in [1.82, 2.24) is 14.9 Å². The van der Waals surface area contributed by atoms with Crippen molar-refractivity contribution in [2.75, 3.05) is 42.0 Å². The summed E-state index contributed by atoms with van der Waals surface area (Å²) < 4.78 is 36.7. The maximum atomic E-state index is 15.5. The van der Waals surface area contributed by atoms with Crippen LogP contribution in [0.5, 0.6) is 5.75 Å². The Morgan fingerprint density at radius 3 is 2.44 bits per heavy atom. The molecule has 1 saturated heterocycles. The Kier molecular flexibility index (Phi) is 8.07. The van der Waals surface area contributed by atoms with Crippen LogP contribution in [0, 0.1) is 11.3 Å². The molecule has 1 amide bonds. The predicted octanol–water partition coefficient (Wildman–Crippen LogP) is 5.26. The molecule has 2 aliphatic heterocycles. The summed E-state index contributed by atoms with van der Waals surface area (Å²) in [6.45, 7) is 6.27. The number of hydrogen-bond donors (Lipinski definition) is 0. The number of carbonyl (C=O) groups is 1. The minimum absolute atomic E-state index is 0.0765. The fraction of sp³-hybridized carbons (Fsp3) is 0.243. The number of amides is 1. The molecule has 242 valence electrons. The van der Waals surface area contributed by atoms with Crippen LogP contribution in [-0.2, 0) is 26.8 Å². The number of hydrogen-bond acceptors (Lipinski definition) is 9. The van der Waals surface area contributed by atoms with E-state index >= 15 is 4.79 Å². The average molecular weight is 659 g/mol. The first kappa shape index (κ1) is 31.3. The molecule has 0 saturated carbocycles. The van der Waals surface area contributed by atoms with E-state index in [0.717, 1.165) is 22.1 Å². The highest BCUT2D eigenvalue weighted by molar-refractivity contribution is 7.93. The van der Waals surface area contributed by atoms with E-state index in [1.54, 1.807) is 48.5 Å². The number of sulfonamides is 1. The van der Waals surface area contributed by atoms with Crippen LogP contribution >= 0.6 is 0 Å². The van der Waals surface area contributed by atoms with Gasteiger partial charge in [-0.15, -0.1) is 0 Å². The molecule has 0 N–H and O–H groups in total. The van der Waals surface area contributed by atoms with Gasteiger partial charge in [0.05, 0.1) is 29.4 Å². The van der Waals surface area contributed by atoms with Crippen molar-refractivity contribution in [1.29, 1.82) is 5.26 Å². The average Bonchev–Trinajstić information content (AvgIpc) is 3.40. The molecule has 2 aliphatic rings. The van der Waals surface area contributed by atoms with Crippen molar-refractivity contribution in [2.45, 2.75) is 30.7 Å². The Hall–Kier alpha value is -5.31. The Morgan fingerprint density at radius 1 is 0.875 bits per heavy atom. The number of anilines is 2. The third kappa shape index (κ3) is 4.87. The van der Waals surface area contributed by atoms with Crippen molar-refractivity contribution < 1.29 is 17.9 Å². The van der Waals surface area contributed by atoms with Gasteiger partial charge >= 0.3 is 0 Å². The van der Waals surface area contributed by atoms with Gasteiger partial charge < -0.3 is 9.64 Å². The quantitative estimate of drug-likeness (QED) is 0.220. The van der Waals surface area contributed by atoms with Crippen molar-refractivity contribution >= 4 is 38.2 Å². The molecule has 0 bridgehead atoms. The van der Waals surface area contributed by atoms with Crippen LogP contribution in [0.3, 0.4) is 0 Å².